The minimum atomic E-state index is -0.709. The molecule has 0 atom stereocenters. The molecule has 6 nitrogen and oxygen atoms in total. The summed E-state index contributed by atoms with van der Waals surface area (Å²) in [4.78, 5) is 39.1. The molecule has 3 aromatic rings. The number of carbonyl (C=O) groups is 2. The number of carbonyl (C=O) groups excluding carboxylic acids is 2. The Balaban J connectivity index is 1.72. The smallest absolute Gasteiger partial charge is 0.349 e. The Morgan fingerprint density at radius 2 is 1.90 bits per heavy atom. The Morgan fingerprint density at radius 1 is 1.13 bits per heavy atom. The fourth-order valence-corrected chi connectivity index (χ4v) is 5.09. The second kappa shape index (κ2) is 8.83. The first kappa shape index (κ1) is 20.3. The van der Waals surface area contributed by atoms with Gasteiger partial charge in [-0.25, -0.2) is 9.59 Å². The van der Waals surface area contributed by atoms with Crippen LogP contribution in [0.3, 0.4) is 0 Å². The molecule has 0 bridgehead atoms. The molecule has 0 radical (unpaired) electrons. The van der Waals surface area contributed by atoms with E-state index in [2.05, 4.69) is 5.32 Å². The molecule has 156 valence electrons. The summed E-state index contributed by atoms with van der Waals surface area (Å²) in [5.41, 5.74) is 1.02. The maximum absolute atomic E-state index is 12.9. The van der Waals surface area contributed by atoms with E-state index in [1.165, 1.54) is 17.4 Å². The number of esters is 1. The average molecular weight is 426 g/mol. The molecule has 1 N–H and O–H groups in total. The van der Waals surface area contributed by atoms with Gasteiger partial charge in [-0.05, 0) is 50.3 Å². The Bertz CT molecular complexity index is 1160. The summed E-state index contributed by atoms with van der Waals surface area (Å²) in [6.07, 6.45) is 5.99. The van der Waals surface area contributed by atoms with Crippen LogP contribution in [0.5, 0.6) is 0 Å². The van der Waals surface area contributed by atoms with Gasteiger partial charge in [-0.2, -0.15) is 0 Å². The first-order valence-electron chi connectivity index (χ1n) is 10.2. The Labute approximate surface area is 177 Å². The van der Waals surface area contributed by atoms with Crippen LogP contribution in [-0.2, 0) is 17.6 Å². The van der Waals surface area contributed by atoms with Gasteiger partial charge in [0.1, 0.15) is 16.1 Å². The van der Waals surface area contributed by atoms with Gasteiger partial charge in [0.05, 0.1) is 12.2 Å². The summed E-state index contributed by atoms with van der Waals surface area (Å²) in [5.74, 6) is -1.02. The van der Waals surface area contributed by atoms with Gasteiger partial charge in [0, 0.05) is 10.3 Å². The molecule has 0 fully saturated rings. The van der Waals surface area contributed by atoms with Crippen molar-refractivity contribution in [3.8, 4) is 0 Å². The van der Waals surface area contributed by atoms with E-state index < -0.39 is 17.5 Å². The van der Waals surface area contributed by atoms with Crippen LogP contribution in [0.1, 0.15) is 63.8 Å². The topological polar surface area (TPSA) is 85.6 Å². The predicted molar refractivity (Wildman–Crippen MR) is 117 cm³/mol. The number of para-hydroxylation sites is 1. The lowest BCUT2D eigenvalue weighted by atomic mass is 9.96. The van der Waals surface area contributed by atoms with E-state index in [0.717, 1.165) is 49.0 Å². The standard InChI is InChI=1S/C23H23NO5S/c1-2-28-23(27)19-15-10-5-3-4-6-12-18(15)30-21(19)24-20(25)16-13-14-9-7-8-11-17(14)29-22(16)26/h7-9,11,13H,2-6,10,12H2,1H3,(H,24,25). The summed E-state index contributed by atoms with van der Waals surface area (Å²) in [6, 6.07) is 8.54. The van der Waals surface area contributed by atoms with E-state index in [-0.39, 0.29) is 12.2 Å². The highest BCUT2D eigenvalue weighted by Gasteiger charge is 2.27. The lowest BCUT2D eigenvalue weighted by molar-refractivity contribution is 0.0526. The lowest BCUT2D eigenvalue weighted by Crippen LogP contribution is -2.21. The number of benzene rings is 1. The fraction of sp³-hybridized carbons (Fsp3) is 0.348. The number of nitrogens with one attached hydrogen (secondary N) is 1. The summed E-state index contributed by atoms with van der Waals surface area (Å²) in [7, 11) is 0. The molecule has 0 saturated heterocycles. The summed E-state index contributed by atoms with van der Waals surface area (Å²) < 4.78 is 10.5. The summed E-state index contributed by atoms with van der Waals surface area (Å²) in [6.45, 7) is 2.01. The van der Waals surface area contributed by atoms with Crippen molar-refractivity contribution in [2.75, 3.05) is 11.9 Å². The molecule has 1 aromatic carbocycles. The minimum absolute atomic E-state index is 0.0932. The second-order valence-electron chi connectivity index (χ2n) is 7.28. The average Bonchev–Trinajstić information content (AvgIpc) is 3.03. The van der Waals surface area contributed by atoms with Gasteiger partial charge in [0.15, 0.2) is 0 Å². The van der Waals surface area contributed by atoms with E-state index in [1.54, 1.807) is 25.1 Å². The van der Waals surface area contributed by atoms with Crippen LogP contribution in [0.2, 0.25) is 0 Å². The van der Waals surface area contributed by atoms with E-state index in [4.69, 9.17) is 9.15 Å². The van der Waals surface area contributed by atoms with Gasteiger partial charge in [0.2, 0.25) is 0 Å². The van der Waals surface area contributed by atoms with Crippen molar-refractivity contribution in [3.63, 3.8) is 0 Å². The molecule has 0 unspecified atom stereocenters. The molecule has 0 saturated carbocycles. The van der Waals surface area contributed by atoms with Crippen molar-refractivity contribution < 1.29 is 18.7 Å². The molecule has 0 spiro atoms. The number of hydrogen-bond acceptors (Lipinski definition) is 6. The maximum atomic E-state index is 12.9. The molecule has 0 aliphatic heterocycles. The predicted octanol–water partition coefficient (Wildman–Crippen LogP) is 4.94. The number of thiophene rings is 1. The van der Waals surface area contributed by atoms with E-state index in [0.29, 0.717) is 21.5 Å². The highest BCUT2D eigenvalue weighted by Crippen LogP contribution is 2.37. The molecular formula is C23H23NO5S. The van der Waals surface area contributed by atoms with Crippen LogP contribution >= 0.6 is 11.3 Å². The zero-order valence-corrected chi connectivity index (χ0v) is 17.6. The lowest BCUT2D eigenvalue weighted by Gasteiger charge is -2.11. The second-order valence-corrected chi connectivity index (χ2v) is 8.39. The molecule has 1 aliphatic rings. The van der Waals surface area contributed by atoms with Crippen LogP contribution in [0.4, 0.5) is 5.00 Å². The Kier molecular flexibility index (Phi) is 5.99. The van der Waals surface area contributed by atoms with Crippen molar-refractivity contribution in [1.29, 1.82) is 0 Å². The number of rotatable bonds is 4. The van der Waals surface area contributed by atoms with Crippen LogP contribution in [0.15, 0.2) is 39.5 Å². The largest absolute Gasteiger partial charge is 0.462 e. The fourth-order valence-electron chi connectivity index (χ4n) is 3.82. The van der Waals surface area contributed by atoms with Gasteiger partial charge in [-0.1, -0.05) is 31.0 Å². The third-order valence-corrected chi connectivity index (χ3v) is 6.47. The number of ether oxygens (including phenoxy) is 1. The van der Waals surface area contributed by atoms with Gasteiger partial charge >= 0.3 is 11.6 Å². The quantitative estimate of drug-likeness (QED) is 0.473. The maximum Gasteiger partial charge on any atom is 0.349 e. The van der Waals surface area contributed by atoms with Crippen molar-refractivity contribution in [2.24, 2.45) is 0 Å². The van der Waals surface area contributed by atoms with Crippen molar-refractivity contribution in [2.45, 2.75) is 45.4 Å². The van der Waals surface area contributed by atoms with Gasteiger partial charge in [-0.3, -0.25) is 4.79 Å². The zero-order valence-electron chi connectivity index (χ0n) is 16.8. The highest BCUT2D eigenvalue weighted by atomic mass is 32.1. The van der Waals surface area contributed by atoms with Crippen LogP contribution in [0.25, 0.3) is 11.0 Å². The molecular weight excluding hydrogens is 402 g/mol. The first-order chi connectivity index (χ1) is 14.6. The third-order valence-electron chi connectivity index (χ3n) is 5.26. The summed E-state index contributed by atoms with van der Waals surface area (Å²) >= 11 is 1.41. The number of aryl methyl sites for hydroxylation is 1. The van der Waals surface area contributed by atoms with Crippen molar-refractivity contribution in [1.82, 2.24) is 0 Å². The van der Waals surface area contributed by atoms with E-state index in [1.807, 2.05) is 6.07 Å². The molecule has 1 amide bonds. The first-order valence-corrected chi connectivity index (χ1v) is 11.1. The summed E-state index contributed by atoms with van der Waals surface area (Å²) in [5, 5.41) is 3.89. The van der Waals surface area contributed by atoms with Crippen LogP contribution < -0.4 is 10.9 Å². The molecule has 4 rings (SSSR count). The molecule has 30 heavy (non-hydrogen) atoms. The van der Waals surface area contributed by atoms with E-state index in [9.17, 15) is 14.4 Å². The van der Waals surface area contributed by atoms with Crippen molar-refractivity contribution >= 4 is 39.2 Å². The van der Waals surface area contributed by atoms with Crippen LogP contribution in [-0.4, -0.2) is 18.5 Å². The molecule has 2 heterocycles. The van der Waals surface area contributed by atoms with Gasteiger partial charge in [-0.15, -0.1) is 11.3 Å². The molecule has 7 heteroatoms. The Morgan fingerprint density at radius 3 is 2.70 bits per heavy atom. The van der Waals surface area contributed by atoms with Crippen molar-refractivity contribution in [3.05, 3.63) is 62.3 Å². The number of hydrogen-bond donors (Lipinski definition) is 1. The molecule has 1 aliphatic carbocycles. The third kappa shape index (κ3) is 4.03. The van der Waals surface area contributed by atoms with Crippen LogP contribution in [0, 0.1) is 0 Å². The normalized spacial score (nSPS) is 13.9. The van der Waals surface area contributed by atoms with Gasteiger partial charge < -0.3 is 14.5 Å². The number of fused-ring (bicyclic) bond motifs is 2. The zero-order chi connectivity index (χ0) is 21.1. The molecule has 2 aromatic heterocycles. The number of amides is 1. The number of anilines is 1. The Hall–Kier alpha value is -2.93. The monoisotopic (exact) mass is 425 g/mol. The SMILES string of the molecule is CCOC(=O)c1c(NC(=O)c2cc3ccccc3oc2=O)sc2c1CCCCCC2. The minimum Gasteiger partial charge on any atom is -0.462 e. The highest BCUT2D eigenvalue weighted by molar-refractivity contribution is 7.17. The van der Waals surface area contributed by atoms with E-state index >= 15 is 0 Å². The van der Waals surface area contributed by atoms with Gasteiger partial charge in [0.25, 0.3) is 5.91 Å².